The van der Waals surface area contributed by atoms with Crippen LogP contribution in [-0.4, -0.2) is 15.0 Å². The highest BCUT2D eigenvalue weighted by Gasteiger charge is 1.97. The Labute approximate surface area is 139 Å². The molecule has 0 unspecified atom stereocenters. The van der Waals surface area contributed by atoms with E-state index >= 15 is 0 Å². The second-order valence-electron chi connectivity index (χ2n) is 4.33. The predicted octanol–water partition coefficient (Wildman–Crippen LogP) is 3.81. The second kappa shape index (κ2) is 7.55. The maximum Gasteiger partial charge on any atom is 0.124 e. The summed E-state index contributed by atoms with van der Waals surface area (Å²) in [6, 6.07) is 5.78. The Morgan fingerprint density at radius 1 is 1.09 bits per heavy atom. The first-order valence-electron chi connectivity index (χ1n) is 6.36. The molecule has 22 heavy (non-hydrogen) atoms. The van der Waals surface area contributed by atoms with Gasteiger partial charge in [-0.2, -0.15) is 0 Å². The molecular formula is C16H13ClN4S. The molecule has 1 N–H and O–H groups in total. The maximum atomic E-state index is 4.32. The lowest BCUT2D eigenvalue weighted by molar-refractivity contribution is 1.27. The molecule has 0 saturated carbocycles. The van der Waals surface area contributed by atoms with E-state index in [0.717, 1.165) is 27.6 Å². The molecule has 6 heteroatoms. The number of nitrogens with one attached hydrogen (secondary N) is 1. The fourth-order valence-electron chi connectivity index (χ4n) is 1.74. The van der Waals surface area contributed by atoms with Crippen LogP contribution in [-0.2, 0) is 0 Å². The van der Waals surface area contributed by atoms with Gasteiger partial charge in [0.25, 0.3) is 0 Å². The van der Waals surface area contributed by atoms with Crippen molar-refractivity contribution < 1.29 is 0 Å². The van der Waals surface area contributed by atoms with E-state index in [2.05, 4.69) is 32.1 Å². The number of anilines is 2. The first-order chi connectivity index (χ1) is 10.3. The van der Waals surface area contributed by atoms with Crippen LogP contribution in [0.3, 0.4) is 0 Å². The molecule has 0 spiro atoms. The molecule has 0 fully saturated rings. The Morgan fingerprint density at radius 2 is 1.95 bits per heavy atom. The van der Waals surface area contributed by atoms with Crippen LogP contribution in [0.1, 0.15) is 16.3 Å². The molecule has 3 aromatic heterocycles. The van der Waals surface area contributed by atoms with Crippen molar-refractivity contribution in [2.45, 2.75) is 6.92 Å². The van der Waals surface area contributed by atoms with E-state index in [0.29, 0.717) is 0 Å². The summed E-state index contributed by atoms with van der Waals surface area (Å²) in [6.45, 7) is 1.97. The van der Waals surface area contributed by atoms with E-state index in [9.17, 15) is 0 Å². The largest absolute Gasteiger partial charge is 0.353 e. The molecule has 0 aliphatic carbocycles. The van der Waals surface area contributed by atoms with Gasteiger partial charge in [-0.1, -0.05) is 5.92 Å². The van der Waals surface area contributed by atoms with Gasteiger partial charge in [0, 0.05) is 23.3 Å². The van der Waals surface area contributed by atoms with Gasteiger partial charge >= 0.3 is 0 Å². The molecule has 110 valence electrons. The number of pyridine rings is 2. The maximum absolute atomic E-state index is 4.32. The Hall–Kier alpha value is -2.42. The second-order valence-corrected chi connectivity index (χ2v) is 5.39. The summed E-state index contributed by atoms with van der Waals surface area (Å²) in [5.41, 5.74) is 3.43. The highest BCUT2D eigenvalue weighted by atomic mass is 35.5. The lowest BCUT2D eigenvalue weighted by Crippen LogP contribution is -1.92. The van der Waals surface area contributed by atoms with E-state index < -0.39 is 0 Å². The molecule has 0 aliphatic heterocycles. The zero-order chi connectivity index (χ0) is 14.5. The molecular weight excluding hydrogens is 316 g/mol. The van der Waals surface area contributed by atoms with Crippen molar-refractivity contribution in [1.29, 1.82) is 0 Å². The van der Waals surface area contributed by atoms with Crippen LogP contribution in [0.4, 0.5) is 11.4 Å². The van der Waals surface area contributed by atoms with Crippen molar-refractivity contribution in [2.75, 3.05) is 5.32 Å². The summed E-state index contributed by atoms with van der Waals surface area (Å²) in [7, 11) is 0. The van der Waals surface area contributed by atoms with Gasteiger partial charge in [-0.3, -0.25) is 9.97 Å². The Morgan fingerprint density at radius 3 is 2.68 bits per heavy atom. The van der Waals surface area contributed by atoms with Gasteiger partial charge in [0.15, 0.2) is 0 Å². The lowest BCUT2D eigenvalue weighted by atomic mass is 10.2. The van der Waals surface area contributed by atoms with Gasteiger partial charge < -0.3 is 5.32 Å². The molecule has 0 aliphatic rings. The van der Waals surface area contributed by atoms with Crippen LogP contribution in [0.2, 0.25) is 0 Å². The Kier molecular flexibility index (Phi) is 5.48. The summed E-state index contributed by atoms with van der Waals surface area (Å²) in [5, 5.41) is 6.21. The smallest absolute Gasteiger partial charge is 0.124 e. The van der Waals surface area contributed by atoms with Crippen molar-refractivity contribution in [3.05, 3.63) is 64.6 Å². The Bertz CT molecular complexity index is 806. The van der Waals surface area contributed by atoms with Crippen LogP contribution < -0.4 is 5.32 Å². The normalized spacial score (nSPS) is 9.32. The van der Waals surface area contributed by atoms with E-state index in [-0.39, 0.29) is 12.4 Å². The summed E-state index contributed by atoms with van der Waals surface area (Å²) < 4.78 is 0. The van der Waals surface area contributed by atoms with E-state index in [4.69, 9.17) is 0 Å². The van der Waals surface area contributed by atoms with Crippen LogP contribution >= 0.6 is 23.7 Å². The van der Waals surface area contributed by atoms with E-state index in [1.165, 1.54) is 0 Å². The molecule has 3 aromatic rings. The number of hydrogen-bond acceptors (Lipinski definition) is 5. The van der Waals surface area contributed by atoms with Gasteiger partial charge in [-0.15, -0.1) is 23.7 Å². The van der Waals surface area contributed by atoms with Gasteiger partial charge in [0.05, 0.1) is 28.8 Å². The minimum absolute atomic E-state index is 0. The van der Waals surface area contributed by atoms with Crippen molar-refractivity contribution in [2.24, 2.45) is 0 Å². The van der Waals surface area contributed by atoms with E-state index in [1.54, 1.807) is 36.1 Å². The van der Waals surface area contributed by atoms with Crippen molar-refractivity contribution in [3.8, 4) is 11.8 Å². The third-order valence-corrected chi connectivity index (χ3v) is 3.42. The average molecular weight is 329 g/mol. The van der Waals surface area contributed by atoms with Crippen LogP contribution in [0, 0.1) is 18.8 Å². The van der Waals surface area contributed by atoms with Crippen molar-refractivity contribution in [1.82, 2.24) is 15.0 Å². The standard InChI is InChI=1S/C16H12N4S.ClH/c1-12-19-15(11-21-12)5-4-13-7-16(10-18-8-13)20-14-3-2-6-17-9-14;/h2-3,6-11,20H,1H3;1H. The van der Waals surface area contributed by atoms with Crippen LogP contribution in [0.5, 0.6) is 0 Å². The zero-order valence-corrected chi connectivity index (χ0v) is 13.4. The minimum Gasteiger partial charge on any atom is -0.353 e. The first kappa shape index (κ1) is 16.0. The molecule has 3 heterocycles. The van der Waals surface area contributed by atoms with Crippen LogP contribution in [0.15, 0.2) is 48.4 Å². The molecule has 0 bridgehead atoms. The number of aryl methyl sites for hydroxylation is 1. The van der Waals surface area contributed by atoms with Gasteiger partial charge in [-0.05, 0) is 31.0 Å². The van der Waals surface area contributed by atoms with Gasteiger partial charge in [0.1, 0.15) is 5.69 Å². The summed E-state index contributed by atoms with van der Waals surface area (Å²) in [6.07, 6.45) is 6.99. The SMILES string of the molecule is Cc1nc(C#Cc2cncc(Nc3cccnc3)c2)cs1.Cl. The molecule has 0 radical (unpaired) electrons. The quantitative estimate of drug-likeness (QED) is 0.727. The van der Waals surface area contributed by atoms with Gasteiger partial charge in [0.2, 0.25) is 0 Å². The first-order valence-corrected chi connectivity index (χ1v) is 7.24. The number of halogens is 1. The fourth-order valence-corrected chi connectivity index (χ4v) is 2.28. The minimum atomic E-state index is 0. The van der Waals surface area contributed by atoms with Crippen molar-refractivity contribution in [3.63, 3.8) is 0 Å². The third-order valence-electron chi connectivity index (χ3n) is 2.64. The molecule has 4 nitrogen and oxygen atoms in total. The molecule has 0 aromatic carbocycles. The highest BCUT2D eigenvalue weighted by Crippen LogP contribution is 2.15. The van der Waals surface area contributed by atoms with E-state index in [1.807, 2.05) is 30.5 Å². The van der Waals surface area contributed by atoms with Crippen LogP contribution in [0.25, 0.3) is 0 Å². The van der Waals surface area contributed by atoms with Gasteiger partial charge in [-0.25, -0.2) is 4.98 Å². The number of aromatic nitrogens is 3. The fraction of sp³-hybridized carbons (Fsp3) is 0.0625. The summed E-state index contributed by atoms with van der Waals surface area (Å²) >= 11 is 1.60. The number of thiazole rings is 1. The van der Waals surface area contributed by atoms with Crippen molar-refractivity contribution >= 4 is 35.1 Å². The number of rotatable bonds is 2. The molecule has 0 atom stereocenters. The topological polar surface area (TPSA) is 50.7 Å². The monoisotopic (exact) mass is 328 g/mol. The molecule has 0 amide bonds. The average Bonchev–Trinajstić information content (AvgIpc) is 2.92. The zero-order valence-electron chi connectivity index (χ0n) is 11.8. The summed E-state index contributed by atoms with van der Waals surface area (Å²) in [4.78, 5) is 12.6. The third kappa shape index (κ3) is 4.29. The molecule has 3 rings (SSSR count). The Balaban J connectivity index is 0.00000176. The predicted molar refractivity (Wildman–Crippen MR) is 91.8 cm³/mol. The molecule has 0 saturated heterocycles. The summed E-state index contributed by atoms with van der Waals surface area (Å²) in [5.74, 6) is 6.12. The number of nitrogens with zero attached hydrogens (tertiary/aromatic N) is 3. The lowest BCUT2D eigenvalue weighted by Gasteiger charge is -2.04. The number of hydrogen-bond donors (Lipinski definition) is 1. The highest BCUT2D eigenvalue weighted by molar-refractivity contribution is 7.09.